The number of terminal acetylenes is 1. The summed E-state index contributed by atoms with van der Waals surface area (Å²) in [5, 5.41) is 4.38. The molecule has 0 amide bonds. The van der Waals surface area contributed by atoms with E-state index in [0.29, 0.717) is 35.4 Å². The standard InChI is InChI=1S/C14H17Cl2NO/c1-3-5-6-7-18-14-11(10-17-4-2)8-12(15)9-13(14)16/h1,8-9,17H,4-7,10H2,2H3. The van der Waals surface area contributed by atoms with Gasteiger partial charge in [-0.1, -0.05) is 30.1 Å². The second-order valence-corrected chi connectivity index (χ2v) is 4.66. The highest BCUT2D eigenvalue weighted by Crippen LogP contribution is 2.32. The van der Waals surface area contributed by atoms with E-state index in [1.807, 2.05) is 13.0 Å². The molecule has 1 aromatic rings. The Bertz CT molecular complexity index is 427. The van der Waals surface area contributed by atoms with E-state index in [9.17, 15) is 0 Å². The number of hydrogen-bond donors (Lipinski definition) is 1. The Morgan fingerprint density at radius 3 is 2.83 bits per heavy atom. The van der Waals surface area contributed by atoms with Gasteiger partial charge in [-0.2, -0.15) is 0 Å². The second-order valence-electron chi connectivity index (χ2n) is 3.81. The van der Waals surface area contributed by atoms with Crippen LogP contribution < -0.4 is 10.1 Å². The minimum Gasteiger partial charge on any atom is -0.492 e. The third kappa shape index (κ3) is 4.78. The van der Waals surface area contributed by atoms with Crippen molar-refractivity contribution in [1.82, 2.24) is 5.32 Å². The van der Waals surface area contributed by atoms with E-state index < -0.39 is 0 Å². The third-order valence-electron chi connectivity index (χ3n) is 2.36. The number of hydrogen-bond acceptors (Lipinski definition) is 2. The Morgan fingerprint density at radius 1 is 1.39 bits per heavy atom. The normalized spacial score (nSPS) is 10.1. The van der Waals surface area contributed by atoms with E-state index in [0.717, 1.165) is 18.5 Å². The molecule has 1 rings (SSSR count). The molecule has 0 bridgehead atoms. The van der Waals surface area contributed by atoms with Crippen molar-refractivity contribution >= 4 is 23.2 Å². The minimum atomic E-state index is 0.538. The Kier molecular flexibility index (Phi) is 6.97. The highest BCUT2D eigenvalue weighted by Gasteiger charge is 2.10. The fraction of sp³-hybridized carbons (Fsp3) is 0.429. The lowest BCUT2D eigenvalue weighted by molar-refractivity contribution is 0.309. The van der Waals surface area contributed by atoms with Crippen molar-refractivity contribution in [1.29, 1.82) is 0 Å². The molecule has 0 aliphatic heterocycles. The van der Waals surface area contributed by atoms with Gasteiger partial charge in [0.2, 0.25) is 0 Å². The van der Waals surface area contributed by atoms with Crippen LogP contribution in [0.15, 0.2) is 12.1 Å². The summed E-state index contributed by atoms with van der Waals surface area (Å²) in [6, 6.07) is 3.56. The fourth-order valence-electron chi connectivity index (χ4n) is 1.51. The molecule has 18 heavy (non-hydrogen) atoms. The van der Waals surface area contributed by atoms with Crippen molar-refractivity contribution < 1.29 is 4.74 Å². The largest absolute Gasteiger partial charge is 0.492 e. The van der Waals surface area contributed by atoms with E-state index in [4.69, 9.17) is 34.4 Å². The molecule has 1 aromatic carbocycles. The first-order chi connectivity index (χ1) is 8.69. The zero-order chi connectivity index (χ0) is 13.4. The number of ether oxygens (including phenoxy) is 1. The van der Waals surface area contributed by atoms with Gasteiger partial charge in [0, 0.05) is 23.6 Å². The van der Waals surface area contributed by atoms with Gasteiger partial charge in [0.15, 0.2) is 0 Å². The van der Waals surface area contributed by atoms with E-state index in [-0.39, 0.29) is 0 Å². The van der Waals surface area contributed by atoms with Gasteiger partial charge in [-0.3, -0.25) is 0 Å². The predicted molar refractivity (Wildman–Crippen MR) is 77.4 cm³/mol. The Morgan fingerprint density at radius 2 is 2.17 bits per heavy atom. The summed E-state index contributed by atoms with van der Waals surface area (Å²) >= 11 is 12.1. The SMILES string of the molecule is C#CCCCOc1c(Cl)cc(Cl)cc1CNCC. The molecular formula is C14H17Cl2NO. The first-order valence-corrected chi connectivity index (χ1v) is 6.69. The number of unbranched alkanes of at least 4 members (excludes halogenated alkanes) is 1. The Labute approximate surface area is 119 Å². The summed E-state index contributed by atoms with van der Waals surface area (Å²) in [4.78, 5) is 0. The lowest BCUT2D eigenvalue weighted by Crippen LogP contribution is -2.13. The molecule has 0 aliphatic carbocycles. The molecule has 0 spiro atoms. The van der Waals surface area contributed by atoms with Crippen LogP contribution >= 0.6 is 23.2 Å². The lowest BCUT2D eigenvalue weighted by Gasteiger charge is -2.13. The summed E-state index contributed by atoms with van der Waals surface area (Å²) in [7, 11) is 0. The van der Waals surface area contributed by atoms with Gasteiger partial charge in [-0.05, 0) is 25.1 Å². The van der Waals surface area contributed by atoms with Crippen molar-refractivity contribution in [3.05, 3.63) is 27.7 Å². The summed E-state index contributed by atoms with van der Waals surface area (Å²) in [6.45, 7) is 4.16. The van der Waals surface area contributed by atoms with Crippen LogP contribution in [0.4, 0.5) is 0 Å². The molecule has 0 heterocycles. The lowest BCUT2D eigenvalue weighted by atomic mass is 10.2. The maximum absolute atomic E-state index is 6.15. The molecule has 4 heteroatoms. The molecule has 0 atom stereocenters. The van der Waals surface area contributed by atoms with Crippen molar-refractivity contribution in [3.63, 3.8) is 0 Å². The average Bonchev–Trinajstić information content (AvgIpc) is 2.34. The molecule has 0 aromatic heterocycles. The molecular weight excluding hydrogens is 269 g/mol. The van der Waals surface area contributed by atoms with Crippen molar-refractivity contribution in [2.45, 2.75) is 26.3 Å². The van der Waals surface area contributed by atoms with Gasteiger partial charge in [-0.15, -0.1) is 12.3 Å². The van der Waals surface area contributed by atoms with Crippen LogP contribution in [0.1, 0.15) is 25.3 Å². The van der Waals surface area contributed by atoms with Gasteiger partial charge < -0.3 is 10.1 Å². The molecule has 0 fully saturated rings. The topological polar surface area (TPSA) is 21.3 Å². The molecule has 98 valence electrons. The Hall–Kier alpha value is -0.880. The Balaban J connectivity index is 2.76. The highest BCUT2D eigenvalue weighted by atomic mass is 35.5. The molecule has 0 saturated heterocycles. The monoisotopic (exact) mass is 285 g/mol. The molecule has 0 radical (unpaired) electrons. The molecule has 0 saturated carbocycles. The second kappa shape index (κ2) is 8.26. The van der Waals surface area contributed by atoms with E-state index >= 15 is 0 Å². The number of benzene rings is 1. The predicted octanol–water partition coefficient (Wildman–Crippen LogP) is 3.90. The maximum atomic E-state index is 6.15. The van der Waals surface area contributed by atoms with E-state index in [2.05, 4.69) is 11.2 Å². The van der Waals surface area contributed by atoms with Gasteiger partial charge in [0.1, 0.15) is 5.75 Å². The zero-order valence-corrected chi connectivity index (χ0v) is 11.9. The molecule has 1 N–H and O–H groups in total. The zero-order valence-electron chi connectivity index (χ0n) is 10.4. The summed E-state index contributed by atoms with van der Waals surface area (Å²) in [5.74, 6) is 3.27. The fourth-order valence-corrected chi connectivity index (χ4v) is 2.10. The smallest absolute Gasteiger partial charge is 0.142 e. The first-order valence-electron chi connectivity index (χ1n) is 5.94. The molecule has 0 unspecified atom stereocenters. The van der Waals surface area contributed by atoms with Crippen LogP contribution in [0, 0.1) is 12.3 Å². The molecule has 0 aliphatic rings. The molecule has 2 nitrogen and oxygen atoms in total. The van der Waals surface area contributed by atoms with Crippen LogP contribution in [0.25, 0.3) is 0 Å². The van der Waals surface area contributed by atoms with Crippen LogP contribution in [0.3, 0.4) is 0 Å². The average molecular weight is 286 g/mol. The third-order valence-corrected chi connectivity index (χ3v) is 2.86. The van der Waals surface area contributed by atoms with Gasteiger partial charge in [-0.25, -0.2) is 0 Å². The highest BCUT2D eigenvalue weighted by molar-refractivity contribution is 6.35. The maximum Gasteiger partial charge on any atom is 0.142 e. The van der Waals surface area contributed by atoms with Crippen molar-refractivity contribution in [2.75, 3.05) is 13.2 Å². The van der Waals surface area contributed by atoms with Crippen LogP contribution in [0.2, 0.25) is 10.0 Å². The quantitative estimate of drug-likeness (QED) is 0.606. The summed E-state index contributed by atoms with van der Waals surface area (Å²) in [6.07, 6.45) is 6.71. The van der Waals surface area contributed by atoms with Gasteiger partial charge in [0.05, 0.1) is 11.6 Å². The summed E-state index contributed by atoms with van der Waals surface area (Å²) < 4.78 is 5.70. The van der Waals surface area contributed by atoms with Crippen molar-refractivity contribution in [3.8, 4) is 18.1 Å². The van der Waals surface area contributed by atoms with Crippen LogP contribution in [-0.2, 0) is 6.54 Å². The van der Waals surface area contributed by atoms with Crippen molar-refractivity contribution in [2.24, 2.45) is 0 Å². The van der Waals surface area contributed by atoms with Gasteiger partial charge in [0.25, 0.3) is 0 Å². The van der Waals surface area contributed by atoms with Crippen LogP contribution in [-0.4, -0.2) is 13.2 Å². The number of halogens is 2. The van der Waals surface area contributed by atoms with E-state index in [1.165, 1.54) is 0 Å². The number of rotatable bonds is 7. The first kappa shape index (κ1) is 15.2. The summed E-state index contributed by atoms with van der Waals surface area (Å²) in [5.41, 5.74) is 0.968. The minimum absolute atomic E-state index is 0.538. The van der Waals surface area contributed by atoms with Crippen LogP contribution in [0.5, 0.6) is 5.75 Å². The number of nitrogens with one attached hydrogen (secondary N) is 1. The van der Waals surface area contributed by atoms with Gasteiger partial charge >= 0.3 is 0 Å². The van der Waals surface area contributed by atoms with E-state index in [1.54, 1.807) is 6.07 Å².